The second-order valence-corrected chi connectivity index (χ2v) is 2.32. The highest BCUT2D eigenvalue weighted by Gasteiger charge is 2.04. The van der Waals surface area contributed by atoms with E-state index >= 15 is 0 Å². The molecule has 0 aromatic heterocycles. The van der Waals surface area contributed by atoms with Gasteiger partial charge in [-0.2, -0.15) is 0 Å². The van der Waals surface area contributed by atoms with Crippen molar-refractivity contribution in [3.05, 3.63) is 23.7 Å². The van der Waals surface area contributed by atoms with Gasteiger partial charge in [-0.3, -0.25) is 0 Å². The lowest BCUT2D eigenvalue weighted by Crippen LogP contribution is -1.82. The van der Waals surface area contributed by atoms with Crippen LogP contribution in [0.3, 0.4) is 0 Å². The third-order valence-corrected chi connectivity index (χ3v) is 1.45. The molecular weight excluding hydrogens is 150 g/mol. The molecule has 0 saturated heterocycles. The molecule has 0 spiro atoms. The number of aromatic amines is 1. The first-order chi connectivity index (χ1) is 4.86. The Bertz CT molecular complexity index is 287. The molecule has 2 heterocycles. The minimum absolute atomic E-state index is 0.499. The molecule has 0 bridgehead atoms. The molecule has 3 nitrogen and oxygen atoms in total. The van der Waals surface area contributed by atoms with Crippen LogP contribution in [0, 0.1) is 0 Å². The summed E-state index contributed by atoms with van der Waals surface area (Å²) in [6.07, 6.45) is 3.26. The second-order valence-electron chi connectivity index (χ2n) is 1.93. The van der Waals surface area contributed by atoms with Crippen molar-refractivity contribution in [1.29, 1.82) is 0 Å². The van der Waals surface area contributed by atoms with E-state index in [9.17, 15) is 0 Å². The molecule has 0 radical (unpaired) electrons. The molecule has 0 aliphatic carbocycles. The van der Waals surface area contributed by atoms with Gasteiger partial charge in [-0.05, 0) is 0 Å². The lowest BCUT2D eigenvalue weighted by Gasteiger charge is -1.90. The van der Waals surface area contributed by atoms with Gasteiger partial charge in [0, 0.05) is 6.07 Å². The quantitative estimate of drug-likeness (QED) is 0.624. The van der Waals surface area contributed by atoms with E-state index in [-0.39, 0.29) is 0 Å². The summed E-state index contributed by atoms with van der Waals surface area (Å²) >= 11 is 5.62. The summed E-state index contributed by atoms with van der Waals surface area (Å²) in [5, 5.41) is 0.499. The molecule has 0 unspecified atom stereocenters. The van der Waals surface area contributed by atoms with Gasteiger partial charge in [0.15, 0.2) is 0 Å². The fraction of sp³-hybridized carbons (Fsp3) is 0. The number of hydrogen-bond acceptors (Lipinski definition) is 2. The summed E-state index contributed by atoms with van der Waals surface area (Å²) < 4.78 is 0. The minimum atomic E-state index is 0.499. The largest absolute Gasteiger partial charge is 0.344 e. The van der Waals surface area contributed by atoms with Crippen LogP contribution in [-0.4, -0.2) is 15.0 Å². The van der Waals surface area contributed by atoms with Crippen molar-refractivity contribution in [2.75, 3.05) is 0 Å². The van der Waals surface area contributed by atoms with Crippen LogP contribution in [0.1, 0.15) is 0 Å². The van der Waals surface area contributed by atoms with Crippen LogP contribution in [0.25, 0.3) is 11.4 Å². The van der Waals surface area contributed by atoms with Gasteiger partial charge < -0.3 is 4.98 Å². The third kappa shape index (κ3) is 0.752. The summed E-state index contributed by atoms with van der Waals surface area (Å²) in [4.78, 5) is 10.7. The molecule has 2 aliphatic heterocycles. The van der Waals surface area contributed by atoms with Gasteiger partial charge in [0.2, 0.25) is 0 Å². The summed E-state index contributed by atoms with van der Waals surface area (Å²) in [6, 6.07) is 1.76. The van der Waals surface area contributed by atoms with Crippen LogP contribution in [0.2, 0.25) is 5.15 Å². The van der Waals surface area contributed by atoms with Crippen molar-refractivity contribution in [2.24, 2.45) is 0 Å². The van der Waals surface area contributed by atoms with Crippen LogP contribution in [0.4, 0.5) is 0 Å². The van der Waals surface area contributed by atoms with E-state index in [0.29, 0.717) is 5.15 Å². The number of rotatable bonds is 0. The molecular formula is C6H4ClN3. The van der Waals surface area contributed by atoms with Crippen molar-refractivity contribution in [1.82, 2.24) is 15.0 Å². The number of aromatic nitrogens is 3. The molecule has 10 heavy (non-hydrogen) atoms. The van der Waals surface area contributed by atoms with Gasteiger partial charge in [-0.15, -0.1) is 0 Å². The van der Waals surface area contributed by atoms with Crippen LogP contribution in [0.15, 0.2) is 18.6 Å². The number of fused-ring (bicyclic) bond motifs is 1. The first-order valence-corrected chi connectivity index (χ1v) is 3.19. The van der Waals surface area contributed by atoms with Crippen molar-refractivity contribution >= 4 is 11.6 Å². The molecule has 0 fully saturated rings. The summed E-state index contributed by atoms with van der Waals surface area (Å²) in [6.45, 7) is 0. The Kier molecular flexibility index (Phi) is 1.11. The second kappa shape index (κ2) is 1.95. The SMILES string of the molecule is Clc1cc2[nH]cncc-2n1. The van der Waals surface area contributed by atoms with Gasteiger partial charge in [0.25, 0.3) is 0 Å². The van der Waals surface area contributed by atoms with Gasteiger partial charge >= 0.3 is 0 Å². The molecule has 0 aromatic rings. The first-order valence-electron chi connectivity index (χ1n) is 2.81. The molecule has 2 rings (SSSR count). The average molecular weight is 154 g/mol. The Morgan fingerprint density at radius 1 is 1.50 bits per heavy atom. The van der Waals surface area contributed by atoms with Crippen LogP contribution >= 0.6 is 11.6 Å². The standard InChI is InChI=1S/C6H4ClN3/c7-6-1-4-5(10-6)2-8-3-9-4/h1-3H,(H,8,9). The Labute approximate surface area is 62.4 Å². The van der Waals surface area contributed by atoms with Gasteiger partial charge in [-0.1, -0.05) is 11.6 Å². The number of hydrogen-bond donors (Lipinski definition) is 1. The summed E-state index contributed by atoms with van der Waals surface area (Å²) in [7, 11) is 0. The topological polar surface area (TPSA) is 41.6 Å². The number of halogens is 1. The normalized spacial score (nSPS) is 10.5. The molecule has 50 valence electrons. The highest BCUT2D eigenvalue weighted by molar-refractivity contribution is 6.30. The first kappa shape index (κ1) is 5.68. The number of nitrogens with one attached hydrogen (secondary N) is 1. The minimum Gasteiger partial charge on any atom is -0.344 e. The highest BCUT2D eigenvalue weighted by atomic mass is 35.5. The Hall–Kier alpha value is -1.09. The highest BCUT2D eigenvalue weighted by Crippen LogP contribution is 2.20. The molecule has 0 saturated carbocycles. The third-order valence-electron chi connectivity index (χ3n) is 1.26. The van der Waals surface area contributed by atoms with Crippen LogP contribution in [-0.2, 0) is 0 Å². The maximum atomic E-state index is 5.62. The molecule has 0 amide bonds. The number of nitrogens with zero attached hydrogens (tertiary/aromatic N) is 2. The van der Waals surface area contributed by atoms with E-state index in [2.05, 4.69) is 15.0 Å². The van der Waals surface area contributed by atoms with Gasteiger partial charge in [0.1, 0.15) is 10.8 Å². The molecule has 1 N–H and O–H groups in total. The zero-order valence-electron chi connectivity index (χ0n) is 5.00. The molecule has 0 atom stereocenters. The van der Waals surface area contributed by atoms with Crippen LogP contribution in [0.5, 0.6) is 0 Å². The van der Waals surface area contributed by atoms with Gasteiger partial charge in [-0.25, -0.2) is 9.97 Å². The van der Waals surface area contributed by atoms with Crippen molar-refractivity contribution in [3.8, 4) is 11.4 Å². The van der Waals surface area contributed by atoms with Gasteiger partial charge in [0.05, 0.1) is 18.2 Å². The monoisotopic (exact) mass is 153 g/mol. The van der Waals surface area contributed by atoms with Crippen molar-refractivity contribution < 1.29 is 0 Å². The maximum absolute atomic E-state index is 5.62. The predicted molar refractivity (Wildman–Crippen MR) is 38.0 cm³/mol. The number of H-pyrrole nitrogens is 1. The molecule has 0 aromatic carbocycles. The van der Waals surface area contributed by atoms with E-state index in [1.165, 1.54) is 0 Å². The zero-order chi connectivity index (χ0) is 6.97. The Morgan fingerprint density at radius 2 is 2.40 bits per heavy atom. The molecule has 4 heteroatoms. The summed E-state index contributed by atoms with van der Waals surface area (Å²) in [5.74, 6) is 0. The van der Waals surface area contributed by atoms with Crippen LogP contribution < -0.4 is 0 Å². The lowest BCUT2D eigenvalue weighted by atomic mass is 10.3. The molecule has 2 aliphatic rings. The average Bonchev–Trinajstić information content (AvgIpc) is 2.27. The lowest BCUT2D eigenvalue weighted by molar-refractivity contribution is 1.15. The smallest absolute Gasteiger partial charge is 0.132 e. The zero-order valence-corrected chi connectivity index (χ0v) is 5.76. The van der Waals surface area contributed by atoms with E-state index < -0.39 is 0 Å². The maximum Gasteiger partial charge on any atom is 0.132 e. The van der Waals surface area contributed by atoms with Crippen molar-refractivity contribution in [3.63, 3.8) is 0 Å². The van der Waals surface area contributed by atoms with E-state index in [1.54, 1.807) is 18.6 Å². The fourth-order valence-electron chi connectivity index (χ4n) is 0.829. The van der Waals surface area contributed by atoms with Crippen molar-refractivity contribution in [2.45, 2.75) is 0 Å². The Balaban J connectivity index is 2.76. The Morgan fingerprint density at radius 3 is 3.20 bits per heavy atom. The summed E-state index contributed by atoms with van der Waals surface area (Å²) in [5.41, 5.74) is 1.72. The predicted octanol–water partition coefficient (Wildman–Crippen LogP) is 1.56. The fourth-order valence-corrected chi connectivity index (χ4v) is 1.03. The van der Waals surface area contributed by atoms with E-state index in [4.69, 9.17) is 11.6 Å². The van der Waals surface area contributed by atoms with E-state index in [0.717, 1.165) is 11.4 Å². The van der Waals surface area contributed by atoms with E-state index in [1.807, 2.05) is 0 Å².